The molecule has 4 amide bonds. The van der Waals surface area contributed by atoms with E-state index in [2.05, 4.69) is 0 Å². The first-order valence-corrected chi connectivity index (χ1v) is 16.2. The maximum absolute atomic E-state index is 13.5. The van der Waals surface area contributed by atoms with Crippen LogP contribution in [-0.4, -0.2) is 23.6 Å². The SMILES string of the molecule is Nc1ccc(-c2ccc3c(c2)C(=O)N(c2ccc(-c4ccc(N5C(=O)c6ccc(-c7ccc(N)cc7)cc6C5=O)cc4Cl)c(Cl)c2)C3=O)cc1. The smallest absolute Gasteiger partial charge is 0.266 e. The van der Waals surface area contributed by atoms with Crippen molar-refractivity contribution in [1.82, 2.24) is 0 Å². The third-order valence-corrected chi connectivity index (χ3v) is 9.60. The molecule has 0 unspecified atom stereocenters. The van der Waals surface area contributed by atoms with E-state index in [1.54, 1.807) is 84.9 Å². The number of hydrogen-bond donors (Lipinski definition) is 2. The lowest BCUT2D eigenvalue weighted by molar-refractivity contribution is 0.0910. The minimum absolute atomic E-state index is 0.243. The molecule has 6 aromatic rings. The first kappa shape index (κ1) is 31.1. The predicted octanol–water partition coefficient (Wildman–Crippen LogP) is 8.76. The molecule has 0 spiro atoms. The maximum Gasteiger partial charge on any atom is 0.266 e. The molecule has 242 valence electrons. The van der Waals surface area contributed by atoms with Gasteiger partial charge in [0.15, 0.2) is 0 Å². The number of benzene rings is 6. The summed E-state index contributed by atoms with van der Waals surface area (Å²) in [5.74, 6) is -1.84. The summed E-state index contributed by atoms with van der Waals surface area (Å²) in [6, 6.07) is 34.4. The minimum Gasteiger partial charge on any atom is -0.399 e. The van der Waals surface area contributed by atoms with E-state index < -0.39 is 23.6 Å². The van der Waals surface area contributed by atoms with Gasteiger partial charge in [0.25, 0.3) is 23.6 Å². The minimum atomic E-state index is -0.463. The molecule has 8 rings (SSSR count). The summed E-state index contributed by atoms with van der Waals surface area (Å²) in [6.07, 6.45) is 0. The molecular weight excluding hydrogens is 671 g/mol. The number of nitrogens with two attached hydrogens (primary N) is 2. The summed E-state index contributed by atoms with van der Waals surface area (Å²) < 4.78 is 0. The van der Waals surface area contributed by atoms with Crippen molar-refractivity contribution < 1.29 is 19.2 Å². The van der Waals surface area contributed by atoms with Crippen molar-refractivity contribution in [3.05, 3.63) is 154 Å². The highest BCUT2D eigenvalue weighted by Crippen LogP contribution is 2.41. The van der Waals surface area contributed by atoms with Gasteiger partial charge in [-0.25, -0.2) is 9.80 Å². The molecule has 0 aliphatic carbocycles. The van der Waals surface area contributed by atoms with Gasteiger partial charge in [-0.05, 0) is 95.1 Å². The number of hydrogen-bond acceptors (Lipinski definition) is 6. The van der Waals surface area contributed by atoms with E-state index in [0.717, 1.165) is 32.1 Å². The van der Waals surface area contributed by atoms with Crippen molar-refractivity contribution in [2.45, 2.75) is 0 Å². The van der Waals surface area contributed by atoms with E-state index >= 15 is 0 Å². The number of fused-ring (bicyclic) bond motifs is 2. The van der Waals surface area contributed by atoms with Gasteiger partial charge in [-0.3, -0.25) is 19.2 Å². The number of anilines is 4. The largest absolute Gasteiger partial charge is 0.399 e. The molecule has 0 fully saturated rings. The summed E-state index contributed by atoms with van der Waals surface area (Å²) in [7, 11) is 0. The van der Waals surface area contributed by atoms with Crippen LogP contribution in [0.15, 0.2) is 121 Å². The molecule has 2 heterocycles. The predicted molar refractivity (Wildman–Crippen MR) is 197 cm³/mol. The van der Waals surface area contributed by atoms with Crippen LogP contribution >= 0.6 is 23.2 Å². The topological polar surface area (TPSA) is 127 Å². The average Bonchev–Trinajstić information content (AvgIpc) is 3.52. The monoisotopic (exact) mass is 694 g/mol. The van der Waals surface area contributed by atoms with Crippen molar-refractivity contribution in [2.75, 3.05) is 21.3 Å². The molecule has 0 aromatic heterocycles. The van der Waals surface area contributed by atoms with E-state index in [4.69, 9.17) is 34.7 Å². The van der Waals surface area contributed by atoms with Gasteiger partial charge in [-0.1, -0.05) is 71.7 Å². The first-order valence-electron chi connectivity index (χ1n) is 15.5. The van der Waals surface area contributed by atoms with E-state index in [0.29, 0.717) is 45.0 Å². The van der Waals surface area contributed by atoms with Crippen LogP contribution in [0.25, 0.3) is 33.4 Å². The fourth-order valence-corrected chi connectivity index (χ4v) is 6.94. The van der Waals surface area contributed by atoms with E-state index in [1.807, 2.05) is 24.3 Å². The molecule has 10 heteroatoms. The Morgan fingerprint density at radius 2 is 0.680 bits per heavy atom. The number of nitrogen functional groups attached to an aromatic ring is 2. The Kier molecular flexibility index (Phi) is 7.29. The Bertz CT molecular complexity index is 2290. The molecule has 0 radical (unpaired) electrons. The van der Waals surface area contributed by atoms with Gasteiger partial charge in [0, 0.05) is 22.5 Å². The molecule has 2 aliphatic heterocycles. The van der Waals surface area contributed by atoms with Crippen LogP contribution in [0.3, 0.4) is 0 Å². The van der Waals surface area contributed by atoms with Crippen molar-refractivity contribution in [1.29, 1.82) is 0 Å². The van der Waals surface area contributed by atoms with Crippen LogP contribution in [0, 0.1) is 0 Å². The quantitative estimate of drug-likeness (QED) is 0.137. The van der Waals surface area contributed by atoms with Gasteiger partial charge in [-0.2, -0.15) is 0 Å². The lowest BCUT2D eigenvalue weighted by atomic mass is 10.00. The number of carbonyl (C=O) groups excluding carboxylic acids is 4. The summed E-state index contributed by atoms with van der Waals surface area (Å²) in [5, 5.41) is 0.486. The summed E-state index contributed by atoms with van der Waals surface area (Å²) in [6.45, 7) is 0. The van der Waals surface area contributed by atoms with Crippen LogP contribution < -0.4 is 21.3 Å². The van der Waals surface area contributed by atoms with Gasteiger partial charge in [0.05, 0.1) is 43.7 Å². The molecule has 4 N–H and O–H groups in total. The highest BCUT2D eigenvalue weighted by atomic mass is 35.5. The van der Waals surface area contributed by atoms with Gasteiger partial charge in [-0.15, -0.1) is 0 Å². The first-order chi connectivity index (χ1) is 24.1. The second-order valence-corrected chi connectivity index (χ2v) is 12.8. The number of amides is 4. The van der Waals surface area contributed by atoms with E-state index in [1.165, 1.54) is 12.1 Å². The van der Waals surface area contributed by atoms with Crippen molar-refractivity contribution >= 4 is 69.6 Å². The maximum atomic E-state index is 13.5. The molecular formula is C40H24Cl2N4O4. The molecule has 8 nitrogen and oxygen atoms in total. The Morgan fingerprint density at radius 1 is 0.360 bits per heavy atom. The molecule has 50 heavy (non-hydrogen) atoms. The average molecular weight is 696 g/mol. The number of halogens is 2. The molecule has 0 saturated carbocycles. The Hall–Kier alpha value is -6.22. The van der Waals surface area contributed by atoms with Crippen LogP contribution in [0.4, 0.5) is 22.7 Å². The zero-order chi connectivity index (χ0) is 34.8. The number of carbonyl (C=O) groups is 4. The van der Waals surface area contributed by atoms with Crippen molar-refractivity contribution in [2.24, 2.45) is 0 Å². The van der Waals surface area contributed by atoms with Crippen LogP contribution in [0.5, 0.6) is 0 Å². The Morgan fingerprint density at radius 3 is 1.04 bits per heavy atom. The number of nitrogens with zero attached hydrogens (tertiary/aromatic N) is 2. The second kappa shape index (κ2) is 11.7. The molecule has 6 aromatic carbocycles. The standard InChI is InChI=1S/C40H24Cl2N4O4/c41-35-19-27(45-37(47)31-13-5-23(17-33(31)39(45)49)21-1-7-25(43)8-2-21)11-15-29(35)30-16-12-28(20-36(30)42)46-38(48)32-14-6-24(18-34(32)40(46)50)22-3-9-26(44)10-4-22/h1-20H,43-44H2. The zero-order valence-electron chi connectivity index (χ0n) is 26.0. The Labute approximate surface area is 296 Å². The second-order valence-electron chi connectivity index (χ2n) is 12.0. The number of rotatable bonds is 5. The zero-order valence-corrected chi connectivity index (χ0v) is 27.5. The lowest BCUT2D eigenvalue weighted by Crippen LogP contribution is -2.29. The third-order valence-electron chi connectivity index (χ3n) is 8.97. The molecule has 0 atom stereocenters. The summed E-state index contributed by atoms with van der Waals surface area (Å²) in [5.41, 5.74) is 19.0. The fourth-order valence-electron chi connectivity index (χ4n) is 6.38. The highest BCUT2D eigenvalue weighted by Gasteiger charge is 2.38. The fraction of sp³-hybridized carbons (Fsp3) is 0. The Balaban J connectivity index is 1.05. The number of imide groups is 2. The third kappa shape index (κ3) is 5.01. The van der Waals surface area contributed by atoms with Crippen molar-refractivity contribution in [3.8, 4) is 33.4 Å². The summed E-state index contributed by atoms with van der Waals surface area (Å²) >= 11 is 13.5. The van der Waals surface area contributed by atoms with Crippen LogP contribution in [0.1, 0.15) is 41.4 Å². The molecule has 0 bridgehead atoms. The van der Waals surface area contributed by atoms with Gasteiger partial charge >= 0.3 is 0 Å². The van der Waals surface area contributed by atoms with E-state index in [-0.39, 0.29) is 21.2 Å². The van der Waals surface area contributed by atoms with Crippen LogP contribution in [0.2, 0.25) is 10.0 Å². The lowest BCUT2D eigenvalue weighted by Gasteiger charge is -2.18. The highest BCUT2D eigenvalue weighted by molar-refractivity contribution is 6.39. The van der Waals surface area contributed by atoms with Gasteiger partial charge in [0.1, 0.15) is 0 Å². The van der Waals surface area contributed by atoms with Crippen molar-refractivity contribution in [3.63, 3.8) is 0 Å². The summed E-state index contributed by atoms with van der Waals surface area (Å²) in [4.78, 5) is 56.0. The normalized spacial score (nSPS) is 13.6. The van der Waals surface area contributed by atoms with E-state index in [9.17, 15) is 19.2 Å². The van der Waals surface area contributed by atoms with Crippen LogP contribution in [-0.2, 0) is 0 Å². The van der Waals surface area contributed by atoms with Gasteiger partial charge in [0.2, 0.25) is 0 Å². The molecule has 2 aliphatic rings. The van der Waals surface area contributed by atoms with Gasteiger partial charge < -0.3 is 11.5 Å². The molecule has 0 saturated heterocycles.